The first-order valence-corrected chi connectivity index (χ1v) is 11.1. The van der Waals surface area contributed by atoms with Crippen molar-refractivity contribution in [3.63, 3.8) is 0 Å². The van der Waals surface area contributed by atoms with Gasteiger partial charge in [0.25, 0.3) is 0 Å². The molecule has 0 aliphatic heterocycles. The standard InChI is InChI=1S/C22H29BrN4O2/c1-3-29-18-10-8-16(9-11-18)14-20-25-15-19(23)21(26-20)24-12-5-13-27(2)22(28)17-6-4-7-17/h8-11,15,17H,3-7,12-14H2,1-2H3,(H,24,25,26). The van der Waals surface area contributed by atoms with Crippen molar-refractivity contribution in [3.05, 3.63) is 46.3 Å². The highest BCUT2D eigenvalue weighted by molar-refractivity contribution is 9.10. The molecule has 2 aromatic rings. The Morgan fingerprint density at radius 2 is 2.07 bits per heavy atom. The number of halogens is 1. The van der Waals surface area contributed by atoms with E-state index in [1.165, 1.54) is 6.42 Å². The first-order valence-electron chi connectivity index (χ1n) is 10.3. The second kappa shape index (κ2) is 10.6. The van der Waals surface area contributed by atoms with E-state index < -0.39 is 0 Å². The third-order valence-corrected chi connectivity index (χ3v) is 5.76. The molecule has 1 aromatic heterocycles. The Morgan fingerprint density at radius 3 is 2.72 bits per heavy atom. The summed E-state index contributed by atoms with van der Waals surface area (Å²) in [5.74, 6) is 2.97. The zero-order chi connectivity index (χ0) is 20.6. The SMILES string of the molecule is CCOc1ccc(Cc2ncc(Br)c(NCCCN(C)C(=O)C3CCC3)n2)cc1. The Morgan fingerprint density at radius 1 is 1.31 bits per heavy atom. The lowest BCUT2D eigenvalue weighted by Crippen LogP contribution is -2.37. The summed E-state index contributed by atoms with van der Waals surface area (Å²) < 4.78 is 6.32. The van der Waals surface area contributed by atoms with Gasteiger partial charge in [-0.15, -0.1) is 0 Å². The molecule has 156 valence electrons. The molecule has 1 fully saturated rings. The molecule has 1 aliphatic carbocycles. The summed E-state index contributed by atoms with van der Waals surface area (Å²) in [4.78, 5) is 23.1. The number of nitrogens with one attached hydrogen (secondary N) is 1. The van der Waals surface area contributed by atoms with E-state index in [0.717, 1.165) is 59.8 Å². The number of carbonyl (C=O) groups excluding carboxylic acids is 1. The molecule has 0 spiro atoms. The first kappa shape index (κ1) is 21.6. The molecule has 1 amide bonds. The fraction of sp³-hybridized carbons (Fsp3) is 0.500. The van der Waals surface area contributed by atoms with E-state index in [0.29, 0.717) is 13.0 Å². The van der Waals surface area contributed by atoms with Crippen LogP contribution in [-0.2, 0) is 11.2 Å². The van der Waals surface area contributed by atoms with Crippen molar-refractivity contribution < 1.29 is 9.53 Å². The Hall–Kier alpha value is -2.15. The summed E-state index contributed by atoms with van der Waals surface area (Å²) in [5.41, 5.74) is 1.14. The maximum atomic E-state index is 12.2. The van der Waals surface area contributed by atoms with Crippen molar-refractivity contribution in [3.8, 4) is 5.75 Å². The van der Waals surface area contributed by atoms with Crippen molar-refractivity contribution in [2.24, 2.45) is 5.92 Å². The van der Waals surface area contributed by atoms with Gasteiger partial charge in [-0.1, -0.05) is 18.6 Å². The highest BCUT2D eigenvalue weighted by atomic mass is 79.9. The third-order valence-electron chi connectivity index (χ3n) is 5.18. The largest absolute Gasteiger partial charge is 0.494 e. The lowest BCUT2D eigenvalue weighted by atomic mass is 9.84. The molecule has 0 bridgehead atoms. The van der Waals surface area contributed by atoms with Crippen LogP contribution in [0.1, 0.15) is 44.0 Å². The Bertz CT molecular complexity index is 809. The van der Waals surface area contributed by atoms with Crippen LogP contribution in [0.3, 0.4) is 0 Å². The molecule has 0 saturated heterocycles. The molecule has 1 heterocycles. The van der Waals surface area contributed by atoms with Gasteiger partial charge in [0.2, 0.25) is 5.91 Å². The summed E-state index contributed by atoms with van der Waals surface area (Å²) in [7, 11) is 1.90. The molecule has 3 rings (SSSR count). The van der Waals surface area contributed by atoms with Gasteiger partial charge in [0.05, 0.1) is 11.1 Å². The molecular formula is C22H29BrN4O2. The number of rotatable bonds is 10. The van der Waals surface area contributed by atoms with Crippen LogP contribution in [0.15, 0.2) is 34.9 Å². The van der Waals surface area contributed by atoms with Crippen LogP contribution in [0.5, 0.6) is 5.75 Å². The predicted octanol–water partition coefficient (Wildman–Crippen LogP) is 4.29. The van der Waals surface area contributed by atoms with Crippen LogP contribution in [0.2, 0.25) is 0 Å². The molecule has 1 saturated carbocycles. The van der Waals surface area contributed by atoms with Gasteiger partial charge in [0, 0.05) is 38.7 Å². The smallest absolute Gasteiger partial charge is 0.225 e. The van der Waals surface area contributed by atoms with Gasteiger partial charge in [-0.3, -0.25) is 4.79 Å². The monoisotopic (exact) mass is 460 g/mol. The molecule has 29 heavy (non-hydrogen) atoms. The maximum absolute atomic E-state index is 12.2. The zero-order valence-corrected chi connectivity index (χ0v) is 18.7. The molecule has 0 radical (unpaired) electrons. The van der Waals surface area contributed by atoms with Crippen molar-refractivity contribution in [1.82, 2.24) is 14.9 Å². The molecule has 1 aliphatic rings. The molecule has 7 heteroatoms. The van der Waals surface area contributed by atoms with Crippen LogP contribution in [0, 0.1) is 5.92 Å². The minimum absolute atomic E-state index is 0.258. The van der Waals surface area contributed by atoms with Crippen molar-refractivity contribution in [2.45, 2.75) is 39.0 Å². The lowest BCUT2D eigenvalue weighted by Gasteiger charge is -2.29. The second-order valence-electron chi connectivity index (χ2n) is 7.40. The number of anilines is 1. The number of hydrogen-bond donors (Lipinski definition) is 1. The summed E-state index contributed by atoms with van der Waals surface area (Å²) >= 11 is 3.51. The Labute approximate surface area is 181 Å². The Kier molecular flexibility index (Phi) is 7.86. The number of amides is 1. The van der Waals surface area contributed by atoms with E-state index >= 15 is 0 Å². The average Bonchev–Trinajstić information content (AvgIpc) is 2.67. The summed E-state index contributed by atoms with van der Waals surface area (Å²) in [6.45, 7) is 4.14. The van der Waals surface area contributed by atoms with E-state index in [9.17, 15) is 4.79 Å². The minimum atomic E-state index is 0.258. The van der Waals surface area contributed by atoms with Gasteiger partial charge < -0.3 is 15.0 Å². The van der Waals surface area contributed by atoms with Crippen LogP contribution < -0.4 is 10.1 Å². The van der Waals surface area contributed by atoms with E-state index in [4.69, 9.17) is 4.74 Å². The van der Waals surface area contributed by atoms with Crippen LogP contribution in [0.4, 0.5) is 5.82 Å². The first-order chi connectivity index (χ1) is 14.1. The number of aromatic nitrogens is 2. The quantitative estimate of drug-likeness (QED) is 0.535. The maximum Gasteiger partial charge on any atom is 0.225 e. The van der Waals surface area contributed by atoms with E-state index in [1.54, 1.807) is 6.20 Å². The summed E-state index contributed by atoms with van der Waals surface area (Å²) in [6, 6.07) is 8.02. The zero-order valence-electron chi connectivity index (χ0n) is 17.2. The number of ether oxygens (including phenoxy) is 1. The van der Waals surface area contributed by atoms with Gasteiger partial charge in [-0.2, -0.15) is 0 Å². The molecule has 1 N–H and O–H groups in total. The second-order valence-corrected chi connectivity index (χ2v) is 8.26. The number of benzene rings is 1. The minimum Gasteiger partial charge on any atom is -0.494 e. The third kappa shape index (κ3) is 6.16. The Balaban J connectivity index is 1.48. The number of carbonyl (C=O) groups is 1. The van der Waals surface area contributed by atoms with Gasteiger partial charge >= 0.3 is 0 Å². The lowest BCUT2D eigenvalue weighted by molar-refractivity contribution is -0.136. The van der Waals surface area contributed by atoms with Gasteiger partial charge in [-0.25, -0.2) is 9.97 Å². The summed E-state index contributed by atoms with van der Waals surface area (Å²) in [6.07, 6.45) is 6.60. The number of hydrogen-bond acceptors (Lipinski definition) is 5. The van der Waals surface area contributed by atoms with Crippen LogP contribution in [-0.4, -0.2) is 47.5 Å². The molecule has 0 unspecified atom stereocenters. The fourth-order valence-corrected chi connectivity index (χ4v) is 3.60. The normalized spacial score (nSPS) is 13.6. The van der Waals surface area contributed by atoms with Crippen LogP contribution in [0.25, 0.3) is 0 Å². The highest BCUT2D eigenvalue weighted by Crippen LogP contribution is 2.28. The predicted molar refractivity (Wildman–Crippen MR) is 118 cm³/mol. The molecule has 0 atom stereocenters. The van der Waals surface area contributed by atoms with Crippen molar-refractivity contribution in [1.29, 1.82) is 0 Å². The van der Waals surface area contributed by atoms with E-state index in [2.05, 4.69) is 31.2 Å². The highest BCUT2D eigenvalue weighted by Gasteiger charge is 2.27. The summed E-state index contributed by atoms with van der Waals surface area (Å²) in [5, 5.41) is 3.36. The topological polar surface area (TPSA) is 67.3 Å². The molecule has 6 nitrogen and oxygen atoms in total. The van der Waals surface area contributed by atoms with E-state index in [1.807, 2.05) is 43.1 Å². The van der Waals surface area contributed by atoms with Gasteiger partial charge in [0.15, 0.2) is 0 Å². The van der Waals surface area contributed by atoms with Crippen LogP contribution >= 0.6 is 15.9 Å². The van der Waals surface area contributed by atoms with Gasteiger partial charge in [-0.05, 0) is 59.8 Å². The number of nitrogens with zero attached hydrogens (tertiary/aromatic N) is 3. The van der Waals surface area contributed by atoms with Gasteiger partial charge in [0.1, 0.15) is 17.4 Å². The van der Waals surface area contributed by atoms with Crippen molar-refractivity contribution >= 4 is 27.7 Å². The van der Waals surface area contributed by atoms with E-state index in [-0.39, 0.29) is 11.8 Å². The fourth-order valence-electron chi connectivity index (χ4n) is 3.27. The average molecular weight is 461 g/mol. The van der Waals surface area contributed by atoms with Crippen molar-refractivity contribution in [2.75, 3.05) is 32.1 Å². The molecule has 1 aromatic carbocycles. The molecular weight excluding hydrogens is 432 g/mol.